The molecule has 2 rings (SSSR count). The van der Waals surface area contributed by atoms with Gasteiger partial charge in [0.1, 0.15) is 0 Å². The van der Waals surface area contributed by atoms with Crippen LogP contribution in [0.5, 0.6) is 0 Å². The molecule has 2 saturated carbocycles. The summed E-state index contributed by atoms with van der Waals surface area (Å²) >= 11 is 0. The number of rotatable bonds is 2. The van der Waals surface area contributed by atoms with Crippen LogP contribution < -0.4 is 0 Å². The summed E-state index contributed by atoms with van der Waals surface area (Å²) in [6, 6.07) is 7.74. The van der Waals surface area contributed by atoms with Crippen LogP contribution in [-0.4, -0.2) is 0 Å². The van der Waals surface area contributed by atoms with Crippen molar-refractivity contribution < 1.29 is 0 Å². The van der Waals surface area contributed by atoms with Crippen LogP contribution in [0.15, 0.2) is 12.2 Å². The minimum absolute atomic E-state index is 0.292. The van der Waals surface area contributed by atoms with Crippen LogP contribution in [-0.2, 0) is 0 Å². The molecule has 2 aliphatic carbocycles. The first-order chi connectivity index (χ1) is 8.68. The molecule has 4 heteroatoms. The van der Waals surface area contributed by atoms with Gasteiger partial charge in [0.05, 0.1) is 24.3 Å². The Kier molecular flexibility index (Phi) is 2.82. The summed E-state index contributed by atoms with van der Waals surface area (Å²) in [6.45, 7) is 0. The highest BCUT2D eigenvalue weighted by atomic mass is 14.6. The number of nitrogens with zero attached hydrogens (tertiary/aromatic N) is 4. The third-order valence-electron chi connectivity index (χ3n) is 4.03. The first-order valence-electron chi connectivity index (χ1n) is 6.01. The van der Waals surface area contributed by atoms with Crippen molar-refractivity contribution in [2.24, 2.45) is 22.7 Å². The van der Waals surface area contributed by atoms with Crippen molar-refractivity contribution in [3.63, 3.8) is 0 Å². The minimum atomic E-state index is -1.53. The highest BCUT2D eigenvalue weighted by Crippen LogP contribution is 2.56. The van der Waals surface area contributed by atoms with Crippen LogP contribution >= 0.6 is 0 Å². The third kappa shape index (κ3) is 1.48. The molecule has 0 amide bonds. The third-order valence-corrected chi connectivity index (χ3v) is 4.03. The average Bonchev–Trinajstić information content (AvgIpc) is 3.18. The number of allylic oxidation sites excluding steroid dienone is 2. The summed E-state index contributed by atoms with van der Waals surface area (Å²) in [6.07, 6.45) is 7.04. The molecule has 0 N–H and O–H groups in total. The van der Waals surface area contributed by atoms with E-state index in [-0.39, 0.29) is 5.92 Å². The standard InChI is InChI=1S/C14H12N4/c15-7-13(8-16)6-5-12(4-3-11-1-2-11)14(13,9-17)10-18/h3-4,11-12H,1-2,5-6H2/b4-3+. The van der Waals surface area contributed by atoms with Crippen LogP contribution in [0.4, 0.5) is 0 Å². The zero-order valence-electron chi connectivity index (χ0n) is 9.93. The number of hydrogen-bond donors (Lipinski definition) is 0. The molecule has 0 aliphatic heterocycles. The van der Waals surface area contributed by atoms with Gasteiger partial charge >= 0.3 is 0 Å². The Labute approximate surface area is 106 Å². The highest BCUT2D eigenvalue weighted by Gasteiger charge is 2.62. The van der Waals surface area contributed by atoms with E-state index < -0.39 is 10.8 Å². The van der Waals surface area contributed by atoms with Gasteiger partial charge in [0, 0.05) is 5.92 Å². The molecular formula is C14H12N4. The summed E-state index contributed by atoms with van der Waals surface area (Å²) in [5, 5.41) is 37.2. The fourth-order valence-electron chi connectivity index (χ4n) is 2.62. The molecule has 1 unspecified atom stereocenters. The number of nitriles is 4. The molecule has 18 heavy (non-hydrogen) atoms. The van der Waals surface area contributed by atoms with E-state index in [2.05, 4.69) is 0 Å². The van der Waals surface area contributed by atoms with Crippen molar-refractivity contribution in [1.82, 2.24) is 0 Å². The Hall–Kier alpha value is -2.30. The molecule has 0 spiro atoms. The maximum atomic E-state index is 9.36. The first kappa shape index (κ1) is 12.2. The summed E-state index contributed by atoms with van der Waals surface area (Å²) in [5.74, 6) is 0.242. The summed E-state index contributed by atoms with van der Waals surface area (Å²) in [7, 11) is 0. The molecule has 0 bridgehead atoms. The largest absolute Gasteiger partial charge is 0.196 e. The second kappa shape index (κ2) is 4.18. The monoisotopic (exact) mass is 236 g/mol. The van der Waals surface area contributed by atoms with Crippen LogP contribution in [0.1, 0.15) is 25.7 Å². The van der Waals surface area contributed by atoms with Crippen LogP contribution in [0.2, 0.25) is 0 Å². The van der Waals surface area contributed by atoms with Gasteiger partial charge in [-0.3, -0.25) is 0 Å². The lowest BCUT2D eigenvalue weighted by molar-refractivity contribution is 0.316. The number of hydrogen-bond acceptors (Lipinski definition) is 4. The Balaban J connectivity index is 2.41. The Morgan fingerprint density at radius 1 is 0.833 bits per heavy atom. The molecule has 0 aromatic carbocycles. The summed E-state index contributed by atoms with van der Waals surface area (Å²) in [4.78, 5) is 0. The molecular weight excluding hydrogens is 224 g/mol. The van der Waals surface area contributed by atoms with Crippen molar-refractivity contribution in [3.05, 3.63) is 12.2 Å². The van der Waals surface area contributed by atoms with Gasteiger partial charge in [-0.15, -0.1) is 0 Å². The van der Waals surface area contributed by atoms with Gasteiger partial charge in [0.25, 0.3) is 0 Å². The van der Waals surface area contributed by atoms with E-state index in [9.17, 15) is 21.0 Å². The normalized spacial score (nSPS) is 27.9. The van der Waals surface area contributed by atoms with Crippen LogP contribution in [0, 0.1) is 68.0 Å². The van der Waals surface area contributed by atoms with Gasteiger partial charge in [0.15, 0.2) is 10.8 Å². The molecule has 0 aromatic heterocycles. The van der Waals surface area contributed by atoms with Crippen molar-refractivity contribution in [3.8, 4) is 24.3 Å². The lowest BCUT2D eigenvalue weighted by Crippen LogP contribution is -2.36. The molecule has 0 aromatic rings. The maximum Gasteiger partial charge on any atom is 0.181 e. The van der Waals surface area contributed by atoms with E-state index >= 15 is 0 Å². The topological polar surface area (TPSA) is 95.2 Å². The zero-order chi connectivity index (χ0) is 13.2. The molecule has 88 valence electrons. The van der Waals surface area contributed by atoms with E-state index in [4.69, 9.17) is 0 Å². The summed E-state index contributed by atoms with van der Waals surface area (Å²) in [5.41, 5.74) is -3.02. The van der Waals surface area contributed by atoms with Gasteiger partial charge in [0.2, 0.25) is 0 Å². The van der Waals surface area contributed by atoms with E-state index in [1.54, 1.807) is 0 Å². The predicted molar refractivity (Wildman–Crippen MR) is 61.9 cm³/mol. The van der Waals surface area contributed by atoms with Crippen LogP contribution in [0.3, 0.4) is 0 Å². The fraction of sp³-hybridized carbons (Fsp3) is 0.571. The fourth-order valence-corrected chi connectivity index (χ4v) is 2.62. The SMILES string of the molecule is N#CC1(C#N)CCC(/C=C/C2CC2)C1(C#N)C#N. The van der Waals surface area contributed by atoms with Gasteiger partial charge in [-0.05, 0) is 31.6 Å². The predicted octanol–water partition coefficient (Wildman–Crippen LogP) is 2.43. The molecule has 4 nitrogen and oxygen atoms in total. The smallest absolute Gasteiger partial charge is 0.181 e. The Bertz CT molecular complexity index is 514. The molecule has 0 heterocycles. The lowest BCUT2D eigenvalue weighted by Gasteiger charge is -2.26. The van der Waals surface area contributed by atoms with Gasteiger partial charge in [-0.25, -0.2) is 0 Å². The lowest BCUT2D eigenvalue weighted by atomic mass is 9.65. The van der Waals surface area contributed by atoms with Crippen molar-refractivity contribution in [2.75, 3.05) is 0 Å². The zero-order valence-corrected chi connectivity index (χ0v) is 9.93. The summed E-state index contributed by atoms with van der Waals surface area (Å²) < 4.78 is 0. The van der Waals surface area contributed by atoms with Crippen molar-refractivity contribution >= 4 is 0 Å². The van der Waals surface area contributed by atoms with E-state index in [0.29, 0.717) is 18.8 Å². The van der Waals surface area contributed by atoms with Crippen LogP contribution in [0.25, 0.3) is 0 Å². The highest BCUT2D eigenvalue weighted by molar-refractivity contribution is 5.40. The van der Waals surface area contributed by atoms with E-state index in [1.807, 2.05) is 36.4 Å². The second-order valence-electron chi connectivity index (χ2n) is 5.03. The minimum Gasteiger partial charge on any atom is -0.196 e. The average molecular weight is 236 g/mol. The second-order valence-corrected chi connectivity index (χ2v) is 5.03. The Morgan fingerprint density at radius 2 is 1.44 bits per heavy atom. The molecule has 0 radical (unpaired) electrons. The Morgan fingerprint density at radius 3 is 1.89 bits per heavy atom. The van der Waals surface area contributed by atoms with E-state index in [1.165, 1.54) is 0 Å². The van der Waals surface area contributed by atoms with Gasteiger partial charge < -0.3 is 0 Å². The van der Waals surface area contributed by atoms with Crippen molar-refractivity contribution in [2.45, 2.75) is 25.7 Å². The maximum absolute atomic E-state index is 9.36. The molecule has 0 saturated heterocycles. The molecule has 2 fully saturated rings. The molecule has 2 aliphatic rings. The molecule has 1 atom stereocenters. The first-order valence-corrected chi connectivity index (χ1v) is 6.01. The quantitative estimate of drug-likeness (QED) is 0.688. The van der Waals surface area contributed by atoms with E-state index in [0.717, 1.165) is 12.8 Å². The van der Waals surface area contributed by atoms with Gasteiger partial charge in [-0.2, -0.15) is 21.0 Å². The van der Waals surface area contributed by atoms with Gasteiger partial charge in [-0.1, -0.05) is 12.2 Å². The van der Waals surface area contributed by atoms with Crippen molar-refractivity contribution in [1.29, 1.82) is 21.0 Å².